The Hall–Kier alpha value is -1.78. The molecule has 0 saturated carbocycles. The van der Waals surface area contributed by atoms with Crippen molar-refractivity contribution in [2.45, 2.75) is 18.8 Å². The van der Waals surface area contributed by atoms with Crippen molar-refractivity contribution in [2.75, 3.05) is 0 Å². The summed E-state index contributed by atoms with van der Waals surface area (Å²) < 4.78 is 0. The number of nitrogens with zero attached hydrogens (tertiary/aromatic N) is 1. The van der Waals surface area contributed by atoms with E-state index in [4.69, 9.17) is 11.6 Å². The van der Waals surface area contributed by atoms with E-state index in [-0.39, 0.29) is 11.8 Å². The third-order valence-electron chi connectivity index (χ3n) is 3.19. The molecule has 1 nitrogen and oxygen atoms in total. The van der Waals surface area contributed by atoms with Gasteiger partial charge in [-0.25, -0.2) is 0 Å². The minimum absolute atomic E-state index is 0.132. The first-order chi connectivity index (χ1) is 8.72. The Balaban J connectivity index is 2.29. The third kappa shape index (κ3) is 2.72. The molecule has 2 rings (SSSR count). The predicted molar refractivity (Wildman–Crippen MR) is 74.7 cm³/mol. The lowest BCUT2D eigenvalue weighted by Gasteiger charge is -2.18. The van der Waals surface area contributed by atoms with Crippen molar-refractivity contribution < 1.29 is 0 Å². The Morgan fingerprint density at radius 3 is 2.11 bits per heavy atom. The highest BCUT2D eigenvalue weighted by Crippen LogP contribution is 2.32. The molecule has 2 aromatic carbocycles. The van der Waals surface area contributed by atoms with Crippen molar-refractivity contribution in [1.82, 2.24) is 0 Å². The van der Waals surface area contributed by atoms with Gasteiger partial charge in [0.1, 0.15) is 0 Å². The SMILES string of the molecule is C[C@H](c1ccc(Cl)cc1)[C@H](C#N)c1ccccc1. The highest BCUT2D eigenvalue weighted by Gasteiger charge is 2.20. The number of nitriles is 1. The Morgan fingerprint density at radius 2 is 1.56 bits per heavy atom. The van der Waals surface area contributed by atoms with Crippen LogP contribution in [0.4, 0.5) is 0 Å². The standard InChI is InChI=1S/C16H14ClN/c1-12(13-7-9-15(17)10-8-13)16(11-18)14-5-3-2-4-6-14/h2-10,12,16H,1H3/t12-,16+/m1/s1. The fourth-order valence-electron chi connectivity index (χ4n) is 2.09. The van der Waals surface area contributed by atoms with Crippen LogP contribution in [0.2, 0.25) is 5.02 Å². The molecule has 0 N–H and O–H groups in total. The van der Waals surface area contributed by atoms with Crippen LogP contribution in [0.15, 0.2) is 54.6 Å². The van der Waals surface area contributed by atoms with Crippen molar-refractivity contribution in [3.05, 3.63) is 70.7 Å². The molecule has 0 fully saturated rings. The van der Waals surface area contributed by atoms with E-state index in [0.29, 0.717) is 0 Å². The van der Waals surface area contributed by atoms with E-state index >= 15 is 0 Å². The summed E-state index contributed by atoms with van der Waals surface area (Å²) in [6, 6.07) is 20.0. The highest BCUT2D eigenvalue weighted by atomic mass is 35.5. The van der Waals surface area contributed by atoms with E-state index in [0.717, 1.165) is 16.1 Å². The summed E-state index contributed by atoms with van der Waals surface area (Å²) in [5.41, 5.74) is 2.19. The molecular weight excluding hydrogens is 242 g/mol. The summed E-state index contributed by atoms with van der Waals surface area (Å²) in [7, 11) is 0. The Morgan fingerprint density at radius 1 is 0.944 bits per heavy atom. The Kier molecular flexibility index (Phi) is 4.02. The number of benzene rings is 2. The lowest BCUT2D eigenvalue weighted by Crippen LogP contribution is -2.06. The number of hydrogen-bond donors (Lipinski definition) is 0. The summed E-state index contributed by atoms with van der Waals surface area (Å²) in [6.45, 7) is 2.07. The molecule has 2 aromatic rings. The largest absolute Gasteiger partial charge is 0.198 e. The van der Waals surface area contributed by atoms with Gasteiger partial charge in [-0.3, -0.25) is 0 Å². The first kappa shape index (κ1) is 12.7. The molecule has 2 heteroatoms. The van der Waals surface area contributed by atoms with E-state index < -0.39 is 0 Å². The molecule has 90 valence electrons. The van der Waals surface area contributed by atoms with Gasteiger partial charge in [-0.05, 0) is 23.3 Å². The molecule has 0 bridgehead atoms. The van der Waals surface area contributed by atoms with Gasteiger partial charge in [-0.2, -0.15) is 5.26 Å². The maximum absolute atomic E-state index is 9.39. The first-order valence-electron chi connectivity index (χ1n) is 5.92. The third-order valence-corrected chi connectivity index (χ3v) is 3.45. The quantitative estimate of drug-likeness (QED) is 0.776. The molecule has 0 aromatic heterocycles. The number of hydrogen-bond acceptors (Lipinski definition) is 1. The lowest BCUT2D eigenvalue weighted by molar-refractivity contribution is 0.687. The van der Waals surface area contributed by atoms with Crippen LogP contribution in [-0.2, 0) is 0 Å². The van der Waals surface area contributed by atoms with Crippen LogP contribution in [0.5, 0.6) is 0 Å². The molecule has 0 saturated heterocycles. The van der Waals surface area contributed by atoms with Crippen LogP contribution >= 0.6 is 11.6 Å². The van der Waals surface area contributed by atoms with Crippen LogP contribution in [0.1, 0.15) is 29.9 Å². The summed E-state index contributed by atoms with van der Waals surface area (Å²) in [5.74, 6) is 0.0158. The second kappa shape index (κ2) is 5.71. The summed E-state index contributed by atoms with van der Waals surface area (Å²) in [4.78, 5) is 0. The zero-order valence-corrected chi connectivity index (χ0v) is 10.9. The minimum Gasteiger partial charge on any atom is -0.198 e. The molecule has 0 aliphatic carbocycles. The topological polar surface area (TPSA) is 23.8 Å². The van der Waals surface area contributed by atoms with Crippen molar-refractivity contribution in [3.63, 3.8) is 0 Å². The van der Waals surface area contributed by atoms with Gasteiger partial charge in [-0.15, -0.1) is 0 Å². The zero-order valence-electron chi connectivity index (χ0n) is 10.2. The van der Waals surface area contributed by atoms with Gasteiger partial charge in [0.15, 0.2) is 0 Å². The van der Waals surface area contributed by atoms with E-state index in [9.17, 15) is 5.26 Å². The second-order valence-electron chi connectivity index (χ2n) is 4.36. The van der Waals surface area contributed by atoms with Gasteiger partial charge in [0.25, 0.3) is 0 Å². The van der Waals surface area contributed by atoms with E-state index in [2.05, 4.69) is 13.0 Å². The van der Waals surface area contributed by atoms with Gasteiger partial charge < -0.3 is 0 Å². The molecule has 0 aliphatic rings. The van der Waals surface area contributed by atoms with E-state index in [1.165, 1.54) is 0 Å². The highest BCUT2D eigenvalue weighted by molar-refractivity contribution is 6.30. The molecule has 0 aliphatic heterocycles. The van der Waals surface area contributed by atoms with E-state index in [1.54, 1.807) is 0 Å². The van der Waals surface area contributed by atoms with Crippen molar-refractivity contribution in [3.8, 4) is 6.07 Å². The van der Waals surface area contributed by atoms with Crippen LogP contribution in [0.25, 0.3) is 0 Å². The van der Waals surface area contributed by atoms with Gasteiger partial charge in [0, 0.05) is 10.9 Å². The molecule has 0 heterocycles. The maximum atomic E-state index is 9.39. The molecular formula is C16H14ClN. The molecule has 0 radical (unpaired) electrons. The fraction of sp³-hybridized carbons (Fsp3) is 0.188. The monoisotopic (exact) mass is 255 g/mol. The predicted octanol–water partition coefficient (Wildman–Crippen LogP) is 4.75. The van der Waals surface area contributed by atoms with Gasteiger partial charge in [0.05, 0.1) is 12.0 Å². The molecule has 2 atom stereocenters. The second-order valence-corrected chi connectivity index (χ2v) is 4.79. The fourth-order valence-corrected chi connectivity index (χ4v) is 2.22. The minimum atomic E-state index is -0.132. The average molecular weight is 256 g/mol. The molecule has 18 heavy (non-hydrogen) atoms. The van der Waals surface area contributed by atoms with E-state index in [1.807, 2.05) is 54.6 Å². The smallest absolute Gasteiger partial charge is 0.0778 e. The van der Waals surface area contributed by atoms with Crippen LogP contribution < -0.4 is 0 Å². The van der Waals surface area contributed by atoms with Crippen LogP contribution in [-0.4, -0.2) is 0 Å². The van der Waals surface area contributed by atoms with Crippen LogP contribution in [0, 0.1) is 11.3 Å². The maximum Gasteiger partial charge on any atom is 0.0778 e. The summed E-state index contributed by atoms with van der Waals surface area (Å²) in [6.07, 6.45) is 0. The average Bonchev–Trinajstić information content (AvgIpc) is 2.41. The van der Waals surface area contributed by atoms with Gasteiger partial charge in [0.2, 0.25) is 0 Å². The summed E-state index contributed by atoms with van der Waals surface area (Å²) in [5, 5.41) is 10.1. The zero-order chi connectivity index (χ0) is 13.0. The van der Waals surface area contributed by atoms with Crippen molar-refractivity contribution in [2.24, 2.45) is 0 Å². The normalized spacial score (nSPS) is 13.6. The molecule has 0 spiro atoms. The Labute approximate surface area is 113 Å². The number of halogens is 1. The Bertz CT molecular complexity index is 540. The van der Waals surface area contributed by atoms with Crippen molar-refractivity contribution in [1.29, 1.82) is 5.26 Å². The summed E-state index contributed by atoms with van der Waals surface area (Å²) >= 11 is 5.88. The molecule has 0 amide bonds. The van der Waals surface area contributed by atoms with Gasteiger partial charge >= 0.3 is 0 Å². The van der Waals surface area contributed by atoms with Gasteiger partial charge in [-0.1, -0.05) is 61.0 Å². The number of rotatable bonds is 3. The van der Waals surface area contributed by atoms with Crippen molar-refractivity contribution >= 4 is 11.6 Å². The van der Waals surface area contributed by atoms with Crippen LogP contribution in [0.3, 0.4) is 0 Å². The first-order valence-corrected chi connectivity index (χ1v) is 6.30. The lowest BCUT2D eigenvalue weighted by atomic mass is 9.84. The molecule has 0 unspecified atom stereocenters.